The second kappa shape index (κ2) is 8.86. The molecule has 0 unspecified atom stereocenters. The molecule has 9 nitrogen and oxygen atoms in total. The van der Waals surface area contributed by atoms with E-state index in [1.807, 2.05) is 0 Å². The molecule has 0 aliphatic heterocycles. The van der Waals surface area contributed by atoms with Crippen molar-refractivity contribution in [2.45, 2.75) is 13.0 Å². The lowest BCUT2D eigenvalue weighted by atomic mass is 10.2. The second-order valence-electron chi connectivity index (χ2n) is 5.45. The number of benzene rings is 2. The summed E-state index contributed by atoms with van der Waals surface area (Å²) in [5.41, 5.74) is 2.74. The molecule has 0 heterocycles. The normalized spacial score (nSPS) is 11.8. The van der Waals surface area contributed by atoms with Crippen LogP contribution in [0.4, 0.5) is 11.4 Å². The van der Waals surface area contributed by atoms with E-state index in [-0.39, 0.29) is 22.7 Å². The molecule has 1 amide bonds. The minimum absolute atomic E-state index is 0.0275. The number of hydrogen-bond donors (Lipinski definition) is 3. The Hall–Kier alpha value is -3.33. The lowest BCUT2D eigenvalue weighted by Crippen LogP contribution is -2.34. The summed E-state index contributed by atoms with van der Waals surface area (Å²) in [7, 11) is 1.27. The van der Waals surface area contributed by atoms with E-state index in [1.165, 1.54) is 7.11 Å². The quantitative estimate of drug-likeness (QED) is 0.378. The van der Waals surface area contributed by atoms with Crippen molar-refractivity contribution in [2.75, 3.05) is 12.4 Å². The molecule has 142 valence electrons. The van der Waals surface area contributed by atoms with Crippen LogP contribution in [0.25, 0.3) is 0 Å². The monoisotopic (exact) mass is 392 g/mol. The van der Waals surface area contributed by atoms with E-state index >= 15 is 0 Å². The first-order chi connectivity index (χ1) is 12.8. The van der Waals surface area contributed by atoms with Crippen LogP contribution in [0.3, 0.4) is 0 Å². The number of amides is 1. The number of ether oxygens (including phenoxy) is 1. The number of carbonyl (C=O) groups excluding carboxylic acids is 1. The van der Waals surface area contributed by atoms with Crippen LogP contribution in [0.2, 0.25) is 5.02 Å². The van der Waals surface area contributed by atoms with Gasteiger partial charge >= 0.3 is 0 Å². The van der Waals surface area contributed by atoms with E-state index in [0.29, 0.717) is 10.7 Å². The van der Waals surface area contributed by atoms with Crippen molar-refractivity contribution in [3.05, 3.63) is 57.1 Å². The number of hydrogen-bond acceptors (Lipinski definition) is 7. The minimum Gasteiger partial charge on any atom is -0.504 e. The fourth-order valence-corrected chi connectivity index (χ4v) is 2.22. The molecule has 1 atom stereocenters. The predicted octanol–water partition coefficient (Wildman–Crippen LogP) is 2.91. The van der Waals surface area contributed by atoms with Crippen molar-refractivity contribution in [1.29, 1.82) is 0 Å². The van der Waals surface area contributed by atoms with Crippen molar-refractivity contribution < 1.29 is 19.6 Å². The molecule has 2 aromatic carbocycles. The molecule has 0 aliphatic carbocycles. The van der Waals surface area contributed by atoms with Crippen molar-refractivity contribution >= 4 is 35.1 Å². The van der Waals surface area contributed by atoms with Crippen molar-refractivity contribution in [3.63, 3.8) is 0 Å². The highest BCUT2D eigenvalue weighted by Crippen LogP contribution is 2.33. The van der Waals surface area contributed by atoms with Crippen LogP contribution >= 0.6 is 11.6 Å². The molecule has 0 aromatic heterocycles. The number of phenolic OH excluding ortho intramolecular Hbond substituents is 1. The zero-order chi connectivity index (χ0) is 20.0. The van der Waals surface area contributed by atoms with E-state index in [2.05, 4.69) is 15.8 Å². The van der Waals surface area contributed by atoms with E-state index in [4.69, 9.17) is 16.3 Å². The molecule has 0 fully saturated rings. The molecule has 0 spiro atoms. The second-order valence-corrected chi connectivity index (χ2v) is 5.89. The number of carbonyl (C=O) groups is 1. The van der Waals surface area contributed by atoms with Gasteiger partial charge in [0.2, 0.25) is 0 Å². The molecule has 2 aromatic rings. The number of methoxy groups -OCH3 is 1. The molecule has 10 heteroatoms. The molecule has 2 rings (SSSR count). The number of non-ortho nitro benzene ring substituents is 1. The third-order valence-corrected chi connectivity index (χ3v) is 3.77. The number of hydrazone groups is 1. The number of rotatable bonds is 7. The van der Waals surface area contributed by atoms with Crippen molar-refractivity contribution in [3.8, 4) is 11.5 Å². The van der Waals surface area contributed by atoms with E-state index in [0.717, 1.165) is 18.3 Å². The molecule has 27 heavy (non-hydrogen) atoms. The van der Waals surface area contributed by atoms with Gasteiger partial charge in [0.15, 0.2) is 11.5 Å². The Morgan fingerprint density at radius 3 is 2.63 bits per heavy atom. The third-order valence-electron chi connectivity index (χ3n) is 3.52. The first kappa shape index (κ1) is 20.0. The number of aromatic hydroxyl groups is 1. The largest absolute Gasteiger partial charge is 0.504 e. The van der Waals surface area contributed by atoms with Crippen molar-refractivity contribution in [2.24, 2.45) is 5.10 Å². The molecular formula is C17H17ClN4O5. The number of nitrogens with one attached hydrogen (secondary N) is 2. The smallest absolute Gasteiger partial charge is 0.274 e. The highest BCUT2D eigenvalue weighted by molar-refractivity contribution is 6.30. The van der Waals surface area contributed by atoms with Crippen LogP contribution in [0.1, 0.15) is 12.5 Å². The predicted molar refractivity (Wildman–Crippen MR) is 102 cm³/mol. The van der Waals surface area contributed by atoms with Gasteiger partial charge in [-0.1, -0.05) is 11.6 Å². The van der Waals surface area contributed by atoms with Crippen LogP contribution in [0, 0.1) is 10.1 Å². The molecule has 0 radical (unpaired) electrons. The topological polar surface area (TPSA) is 126 Å². The molecule has 0 saturated heterocycles. The number of nitrogens with zero attached hydrogens (tertiary/aromatic N) is 2. The fraction of sp³-hybridized carbons (Fsp3) is 0.176. The van der Waals surface area contributed by atoms with Gasteiger partial charge in [-0.2, -0.15) is 5.10 Å². The Morgan fingerprint density at radius 2 is 2.04 bits per heavy atom. The Labute approximate surface area is 159 Å². The molecular weight excluding hydrogens is 376 g/mol. The Balaban J connectivity index is 2.05. The SMILES string of the molecule is COc1cc([N+](=O)[O-])cc(/C=N\NC(=O)[C@@H](C)Nc2ccc(Cl)cc2)c1O. The summed E-state index contributed by atoms with van der Waals surface area (Å²) in [6, 6.07) is 8.41. The summed E-state index contributed by atoms with van der Waals surface area (Å²) in [4.78, 5) is 22.4. The first-order valence-corrected chi connectivity index (χ1v) is 8.10. The van der Waals surface area contributed by atoms with Crippen LogP contribution in [0.15, 0.2) is 41.5 Å². The van der Waals surface area contributed by atoms with Crippen LogP contribution < -0.4 is 15.5 Å². The summed E-state index contributed by atoms with van der Waals surface area (Å²) in [5.74, 6) is -0.846. The summed E-state index contributed by atoms with van der Waals surface area (Å²) in [6.45, 7) is 1.63. The van der Waals surface area contributed by atoms with Gasteiger partial charge in [-0.05, 0) is 31.2 Å². The van der Waals surface area contributed by atoms with Crippen LogP contribution in [-0.2, 0) is 4.79 Å². The van der Waals surface area contributed by atoms with Gasteiger partial charge in [0.25, 0.3) is 11.6 Å². The van der Waals surface area contributed by atoms with Gasteiger partial charge in [-0.3, -0.25) is 14.9 Å². The van der Waals surface area contributed by atoms with Gasteiger partial charge in [-0.15, -0.1) is 0 Å². The first-order valence-electron chi connectivity index (χ1n) is 7.72. The summed E-state index contributed by atoms with van der Waals surface area (Å²) in [6.07, 6.45) is 1.10. The number of anilines is 1. The zero-order valence-electron chi connectivity index (χ0n) is 14.5. The Bertz CT molecular complexity index is 870. The van der Waals surface area contributed by atoms with Gasteiger partial charge in [0, 0.05) is 22.3 Å². The standard InChI is InChI=1S/C17H17ClN4O5/c1-10(20-13-5-3-12(18)4-6-13)17(24)21-19-9-11-7-14(22(25)26)8-15(27-2)16(11)23/h3-10,20,23H,1-2H3,(H,21,24)/b19-9-/t10-/m1/s1. The third kappa shape index (κ3) is 5.32. The van der Waals surface area contributed by atoms with Gasteiger partial charge < -0.3 is 15.2 Å². The highest BCUT2D eigenvalue weighted by atomic mass is 35.5. The average Bonchev–Trinajstić information content (AvgIpc) is 2.64. The number of nitro benzene ring substituents is 1. The average molecular weight is 393 g/mol. The summed E-state index contributed by atoms with van der Waals surface area (Å²) in [5, 5.41) is 28.2. The van der Waals surface area contributed by atoms with Gasteiger partial charge in [0.05, 0.1) is 24.3 Å². The maximum absolute atomic E-state index is 12.1. The van der Waals surface area contributed by atoms with Gasteiger partial charge in [-0.25, -0.2) is 5.43 Å². The van der Waals surface area contributed by atoms with Gasteiger partial charge in [0.1, 0.15) is 6.04 Å². The fourth-order valence-electron chi connectivity index (χ4n) is 2.10. The summed E-state index contributed by atoms with van der Waals surface area (Å²) >= 11 is 5.80. The van der Waals surface area contributed by atoms with Crippen LogP contribution in [-0.4, -0.2) is 35.3 Å². The summed E-state index contributed by atoms with van der Waals surface area (Å²) < 4.78 is 4.89. The Morgan fingerprint density at radius 1 is 1.37 bits per heavy atom. The zero-order valence-corrected chi connectivity index (χ0v) is 15.2. The number of halogens is 1. The number of nitro groups is 1. The molecule has 0 aliphatic rings. The molecule has 0 saturated carbocycles. The number of phenols is 1. The van der Waals surface area contributed by atoms with Crippen molar-refractivity contribution in [1.82, 2.24) is 5.43 Å². The van der Waals surface area contributed by atoms with E-state index < -0.39 is 16.9 Å². The molecule has 3 N–H and O–H groups in total. The van der Waals surface area contributed by atoms with Crippen LogP contribution in [0.5, 0.6) is 11.5 Å². The van der Waals surface area contributed by atoms with E-state index in [9.17, 15) is 20.0 Å². The lowest BCUT2D eigenvalue weighted by molar-refractivity contribution is -0.385. The molecule has 0 bridgehead atoms. The lowest BCUT2D eigenvalue weighted by Gasteiger charge is -2.13. The maximum Gasteiger partial charge on any atom is 0.274 e. The minimum atomic E-state index is -0.629. The highest BCUT2D eigenvalue weighted by Gasteiger charge is 2.16. The van der Waals surface area contributed by atoms with E-state index in [1.54, 1.807) is 31.2 Å². The Kier molecular flexibility index (Phi) is 6.56. The maximum atomic E-state index is 12.1.